The minimum absolute atomic E-state index is 0.155. The first-order chi connectivity index (χ1) is 6.61. The fourth-order valence-corrected chi connectivity index (χ4v) is 1.75. The van der Waals surface area contributed by atoms with Crippen molar-refractivity contribution < 1.29 is 5.11 Å². The third-order valence-electron chi connectivity index (χ3n) is 2.27. The van der Waals surface area contributed by atoms with E-state index in [4.69, 9.17) is 5.73 Å². The van der Waals surface area contributed by atoms with Gasteiger partial charge >= 0.3 is 0 Å². The van der Waals surface area contributed by atoms with Gasteiger partial charge in [-0.05, 0) is 31.4 Å². The van der Waals surface area contributed by atoms with Crippen LogP contribution in [-0.4, -0.2) is 17.3 Å². The molecule has 0 amide bonds. The highest BCUT2D eigenvalue weighted by molar-refractivity contribution is 9.10. The lowest BCUT2D eigenvalue weighted by molar-refractivity contribution is 0.141. The summed E-state index contributed by atoms with van der Waals surface area (Å²) >= 11 is 3.47. The first-order valence-electron chi connectivity index (χ1n) is 4.78. The van der Waals surface area contributed by atoms with Crippen LogP contribution in [0.5, 0.6) is 0 Å². The van der Waals surface area contributed by atoms with Crippen molar-refractivity contribution in [1.29, 1.82) is 0 Å². The van der Waals surface area contributed by atoms with E-state index in [2.05, 4.69) is 22.0 Å². The second kappa shape index (κ2) is 5.49. The van der Waals surface area contributed by atoms with Crippen LogP contribution in [0.1, 0.15) is 18.9 Å². The van der Waals surface area contributed by atoms with E-state index in [-0.39, 0.29) is 6.04 Å². The van der Waals surface area contributed by atoms with E-state index in [1.54, 1.807) is 0 Å². The second-order valence-electron chi connectivity index (χ2n) is 3.56. The summed E-state index contributed by atoms with van der Waals surface area (Å²) in [7, 11) is 0. The van der Waals surface area contributed by atoms with Gasteiger partial charge in [0.15, 0.2) is 0 Å². The van der Waals surface area contributed by atoms with Gasteiger partial charge in [0.2, 0.25) is 0 Å². The molecule has 0 spiro atoms. The number of hydrogen-bond acceptors (Lipinski definition) is 2. The Morgan fingerprint density at radius 3 is 2.64 bits per heavy atom. The van der Waals surface area contributed by atoms with Crippen LogP contribution in [0.4, 0.5) is 0 Å². The summed E-state index contributed by atoms with van der Waals surface area (Å²) in [6, 6.07) is 7.89. The van der Waals surface area contributed by atoms with Crippen molar-refractivity contribution in [3.63, 3.8) is 0 Å². The molecule has 0 aliphatic rings. The summed E-state index contributed by atoms with van der Waals surface area (Å²) in [5, 5.41) is 9.54. The Morgan fingerprint density at radius 1 is 1.43 bits per heavy atom. The molecule has 78 valence electrons. The number of hydrogen-bond donors (Lipinski definition) is 2. The zero-order valence-electron chi connectivity index (χ0n) is 8.28. The van der Waals surface area contributed by atoms with Gasteiger partial charge < -0.3 is 10.8 Å². The number of halogens is 1. The number of aliphatic hydroxyl groups excluding tert-OH is 1. The Bertz CT molecular complexity index is 288. The number of aliphatic hydroxyl groups is 1. The normalized spacial score (nSPS) is 15.1. The first-order valence-corrected chi connectivity index (χ1v) is 5.57. The number of aryl methyl sites for hydroxylation is 1. The van der Waals surface area contributed by atoms with Crippen molar-refractivity contribution in [2.45, 2.75) is 31.9 Å². The van der Waals surface area contributed by atoms with E-state index in [1.165, 1.54) is 5.56 Å². The van der Waals surface area contributed by atoms with Gasteiger partial charge in [-0.25, -0.2) is 0 Å². The predicted molar refractivity (Wildman–Crippen MR) is 62.1 cm³/mol. The van der Waals surface area contributed by atoms with Gasteiger partial charge in [-0.15, -0.1) is 0 Å². The smallest absolute Gasteiger partial charge is 0.0691 e. The molecule has 2 atom stereocenters. The Morgan fingerprint density at radius 2 is 2.07 bits per heavy atom. The molecule has 0 heterocycles. The first kappa shape index (κ1) is 11.7. The van der Waals surface area contributed by atoms with Crippen molar-refractivity contribution in [2.75, 3.05) is 0 Å². The van der Waals surface area contributed by atoms with Gasteiger partial charge in [-0.1, -0.05) is 34.1 Å². The zero-order chi connectivity index (χ0) is 10.6. The molecular formula is C11H16BrNO. The summed E-state index contributed by atoms with van der Waals surface area (Å²) in [5.74, 6) is 0. The van der Waals surface area contributed by atoms with Gasteiger partial charge in [-0.3, -0.25) is 0 Å². The molecule has 0 fully saturated rings. The Balaban J connectivity index is 2.50. The number of rotatable bonds is 4. The van der Waals surface area contributed by atoms with Crippen LogP contribution in [0.15, 0.2) is 28.7 Å². The minimum Gasteiger partial charge on any atom is -0.392 e. The van der Waals surface area contributed by atoms with Crippen LogP contribution in [0.25, 0.3) is 0 Å². The minimum atomic E-state index is -0.415. The van der Waals surface area contributed by atoms with Crippen LogP contribution < -0.4 is 5.73 Å². The van der Waals surface area contributed by atoms with Crippen molar-refractivity contribution in [3.8, 4) is 0 Å². The molecule has 1 rings (SSSR count). The van der Waals surface area contributed by atoms with Crippen LogP contribution in [0.3, 0.4) is 0 Å². The molecule has 0 saturated carbocycles. The van der Waals surface area contributed by atoms with Crippen molar-refractivity contribution in [3.05, 3.63) is 34.3 Å². The predicted octanol–water partition coefficient (Wildman–Crippen LogP) is 2.09. The molecule has 3 heteroatoms. The summed E-state index contributed by atoms with van der Waals surface area (Å²) in [5.41, 5.74) is 6.79. The van der Waals surface area contributed by atoms with Gasteiger partial charge in [0.25, 0.3) is 0 Å². The van der Waals surface area contributed by atoms with Gasteiger partial charge in [0, 0.05) is 10.5 Å². The number of nitrogens with two attached hydrogens (primary N) is 1. The third-order valence-corrected chi connectivity index (χ3v) is 3.05. The van der Waals surface area contributed by atoms with Crippen LogP contribution >= 0.6 is 15.9 Å². The maximum Gasteiger partial charge on any atom is 0.0691 e. The Hall–Kier alpha value is -0.380. The lowest BCUT2D eigenvalue weighted by Gasteiger charge is -2.14. The molecule has 2 nitrogen and oxygen atoms in total. The number of benzene rings is 1. The van der Waals surface area contributed by atoms with Gasteiger partial charge in [0.1, 0.15) is 0 Å². The maximum atomic E-state index is 9.54. The molecule has 14 heavy (non-hydrogen) atoms. The molecule has 0 aliphatic carbocycles. The van der Waals surface area contributed by atoms with Crippen molar-refractivity contribution in [2.24, 2.45) is 5.73 Å². The summed E-state index contributed by atoms with van der Waals surface area (Å²) in [4.78, 5) is 0. The van der Waals surface area contributed by atoms with Crippen LogP contribution in [-0.2, 0) is 6.42 Å². The highest BCUT2D eigenvalue weighted by atomic mass is 79.9. The summed E-state index contributed by atoms with van der Waals surface area (Å²) in [6.07, 6.45) is 1.15. The molecule has 0 bridgehead atoms. The van der Waals surface area contributed by atoms with E-state index in [0.717, 1.165) is 10.9 Å². The molecule has 0 aromatic heterocycles. The van der Waals surface area contributed by atoms with E-state index in [1.807, 2.05) is 25.1 Å². The van der Waals surface area contributed by atoms with E-state index in [9.17, 15) is 5.11 Å². The molecule has 0 aliphatic heterocycles. The van der Waals surface area contributed by atoms with Crippen molar-refractivity contribution in [1.82, 2.24) is 0 Å². The fraction of sp³-hybridized carbons (Fsp3) is 0.455. The molecule has 1 aromatic carbocycles. The quantitative estimate of drug-likeness (QED) is 0.868. The average molecular weight is 258 g/mol. The largest absolute Gasteiger partial charge is 0.392 e. The molecule has 3 N–H and O–H groups in total. The van der Waals surface area contributed by atoms with Gasteiger partial charge in [0.05, 0.1) is 6.10 Å². The van der Waals surface area contributed by atoms with E-state index >= 15 is 0 Å². The van der Waals surface area contributed by atoms with E-state index in [0.29, 0.717) is 6.42 Å². The van der Waals surface area contributed by atoms with Gasteiger partial charge in [-0.2, -0.15) is 0 Å². The monoisotopic (exact) mass is 257 g/mol. The Kier molecular flexibility index (Phi) is 4.58. The lowest BCUT2D eigenvalue weighted by atomic mass is 10.0. The second-order valence-corrected chi connectivity index (χ2v) is 4.41. The van der Waals surface area contributed by atoms with E-state index < -0.39 is 6.10 Å². The van der Waals surface area contributed by atoms with Crippen molar-refractivity contribution >= 4 is 15.9 Å². The highest BCUT2D eigenvalue weighted by Gasteiger charge is 2.09. The Labute approximate surface area is 93.3 Å². The SMILES string of the molecule is CC(N)C(O)CCc1ccccc1Br. The summed E-state index contributed by atoms with van der Waals surface area (Å²) < 4.78 is 1.09. The standard InChI is InChI=1S/C11H16BrNO/c1-8(13)11(14)7-6-9-4-2-3-5-10(9)12/h2-5,8,11,14H,6-7,13H2,1H3. The summed E-state index contributed by atoms with van der Waals surface area (Å²) in [6.45, 7) is 1.82. The highest BCUT2D eigenvalue weighted by Crippen LogP contribution is 2.18. The van der Waals surface area contributed by atoms with Crippen LogP contribution in [0.2, 0.25) is 0 Å². The van der Waals surface area contributed by atoms with Crippen LogP contribution in [0, 0.1) is 0 Å². The molecule has 0 saturated heterocycles. The topological polar surface area (TPSA) is 46.2 Å². The molecule has 1 aromatic rings. The zero-order valence-corrected chi connectivity index (χ0v) is 9.87. The maximum absolute atomic E-state index is 9.54. The molecular weight excluding hydrogens is 242 g/mol. The fourth-order valence-electron chi connectivity index (χ4n) is 1.27. The molecule has 0 radical (unpaired) electrons. The lowest BCUT2D eigenvalue weighted by Crippen LogP contribution is -2.31. The molecule has 2 unspecified atom stereocenters. The average Bonchev–Trinajstić information content (AvgIpc) is 2.16. The third kappa shape index (κ3) is 3.40.